The van der Waals surface area contributed by atoms with Gasteiger partial charge in [-0.1, -0.05) is 6.07 Å². The average Bonchev–Trinajstić information content (AvgIpc) is 3.33. The highest BCUT2D eigenvalue weighted by Gasteiger charge is 2.26. The number of hydrogen-bond donors (Lipinski definition) is 2. The summed E-state index contributed by atoms with van der Waals surface area (Å²) in [6.07, 6.45) is 5.20. The Morgan fingerprint density at radius 2 is 2.15 bits per heavy atom. The van der Waals surface area contributed by atoms with Crippen LogP contribution in [0.4, 0.5) is 11.8 Å². The smallest absolute Gasteiger partial charge is 0.224 e. The van der Waals surface area contributed by atoms with E-state index in [4.69, 9.17) is 0 Å². The van der Waals surface area contributed by atoms with Crippen LogP contribution in [0.1, 0.15) is 30.1 Å². The highest BCUT2D eigenvalue weighted by molar-refractivity contribution is 5.43. The van der Waals surface area contributed by atoms with Gasteiger partial charge in [-0.05, 0) is 25.0 Å². The van der Waals surface area contributed by atoms with Crippen LogP contribution >= 0.6 is 0 Å². The molecule has 3 rings (SSSR count). The summed E-state index contributed by atoms with van der Waals surface area (Å²) in [7, 11) is 1.85. The molecule has 5 nitrogen and oxygen atoms in total. The van der Waals surface area contributed by atoms with E-state index in [9.17, 15) is 0 Å². The molecule has 0 amide bonds. The second-order valence-corrected chi connectivity index (χ2v) is 5.02. The van der Waals surface area contributed by atoms with Gasteiger partial charge in [0.2, 0.25) is 5.95 Å². The van der Waals surface area contributed by atoms with Gasteiger partial charge in [-0.3, -0.25) is 4.98 Å². The molecule has 0 radical (unpaired) electrons. The van der Waals surface area contributed by atoms with Crippen molar-refractivity contribution in [2.45, 2.75) is 25.2 Å². The van der Waals surface area contributed by atoms with E-state index < -0.39 is 0 Å². The molecule has 1 aliphatic rings. The molecule has 0 aliphatic heterocycles. The van der Waals surface area contributed by atoms with Crippen LogP contribution in [-0.2, 0) is 6.42 Å². The molecule has 20 heavy (non-hydrogen) atoms. The zero-order chi connectivity index (χ0) is 13.8. The van der Waals surface area contributed by atoms with Gasteiger partial charge >= 0.3 is 0 Å². The van der Waals surface area contributed by atoms with Gasteiger partial charge in [-0.15, -0.1) is 0 Å². The second-order valence-electron chi connectivity index (χ2n) is 5.02. The third-order valence-electron chi connectivity index (χ3n) is 3.38. The Labute approximate surface area is 118 Å². The standard InChI is InChI=1S/C15H19N5/c1-16-15-19-13(11-5-6-11)10-14(20-15)18-9-7-12-4-2-3-8-17-12/h2-4,8,10-11H,5-7,9H2,1H3,(H2,16,18,19,20). The van der Waals surface area contributed by atoms with Crippen molar-refractivity contribution in [2.24, 2.45) is 0 Å². The van der Waals surface area contributed by atoms with E-state index in [2.05, 4.69) is 31.7 Å². The molecule has 0 aromatic carbocycles. The quantitative estimate of drug-likeness (QED) is 0.843. The van der Waals surface area contributed by atoms with Crippen LogP contribution < -0.4 is 10.6 Å². The summed E-state index contributed by atoms with van der Waals surface area (Å²) in [5.41, 5.74) is 2.23. The minimum absolute atomic E-state index is 0.626. The number of hydrogen-bond acceptors (Lipinski definition) is 5. The first kappa shape index (κ1) is 12.8. The van der Waals surface area contributed by atoms with E-state index in [1.807, 2.05) is 31.4 Å². The second kappa shape index (κ2) is 5.86. The predicted molar refractivity (Wildman–Crippen MR) is 80.0 cm³/mol. The van der Waals surface area contributed by atoms with E-state index in [1.165, 1.54) is 12.8 Å². The van der Waals surface area contributed by atoms with Crippen molar-refractivity contribution >= 4 is 11.8 Å². The summed E-state index contributed by atoms with van der Waals surface area (Å²) in [4.78, 5) is 13.3. The average molecular weight is 269 g/mol. The highest BCUT2D eigenvalue weighted by atomic mass is 15.1. The Balaban J connectivity index is 1.63. The minimum atomic E-state index is 0.626. The van der Waals surface area contributed by atoms with E-state index in [0.29, 0.717) is 11.9 Å². The summed E-state index contributed by atoms with van der Waals surface area (Å²) in [5.74, 6) is 2.21. The monoisotopic (exact) mass is 269 g/mol. The molecule has 1 fully saturated rings. The summed E-state index contributed by atoms with van der Waals surface area (Å²) >= 11 is 0. The third-order valence-corrected chi connectivity index (χ3v) is 3.38. The maximum Gasteiger partial charge on any atom is 0.224 e. The zero-order valence-corrected chi connectivity index (χ0v) is 11.6. The van der Waals surface area contributed by atoms with E-state index in [-0.39, 0.29) is 0 Å². The van der Waals surface area contributed by atoms with Gasteiger partial charge in [0.05, 0.1) is 5.69 Å². The van der Waals surface area contributed by atoms with Gasteiger partial charge in [0.1, 0.15) is 5.82 Å². The van der Waals surface area contributed by atoms with E-state index in [1.54, 1.807) is 0 Å². The van der Waals surface area contributed by atoms with Gasteiger partial charge in [0.25, 0.3) is 0 Å². The van der Waals surface area contributed by atoms with Gasteiger partial charge in [0.15, 0.2) is 0 Å². The van der Waals surface area contributed by atoms with Crippen molar-refractivity contribution < 1.29 is 0 Å². The molecule has 0 spiro atoms. The first-order valence-electron chi connectivity index (χ1n) is 7.05. The maximum absolute atomic E-state index is 4.51. The number of aromatic nitrogens is 3. The van der Waals surface area contributed by atoms with E-state index in [0.717, 1.165) is 30.2 Å². The summed E-state index contributed by atoms with van der Waals surface area (Å²) < 4.78 is 0. The van der Waals surface area contributed by atoms with Crippen molar-refractivity contribution in [2.75, 3.05) is 24.2 Å². The van der Waals surface area contributed by atoms with Crippen molar-refractivity contribution in [3.8, 4) is 0 Å². The van der Waals surface area contributed by atoms with Crippen molar-refractivity contribution in [1.29, 1.82) is 0 Å². The van der Waals surface area contributed by atoms with Gasteiger partial charge in [-0.25, -0.2) is 4.98 Å². The maximum atomic E-state index is 4.51. The first-order chi connectivity index (χ1) is 9.85. The number of nitrogens with zero attached hydrogens (tertiary/aromatic N) is 3. The Morgan fingerprint density at radius 1 is 1.25 bits per heavy atom. The normalized spacial score (nSPS) is 14.1. The van der Waals surface area contributed by atoms with Crippen LogP contribution in [-0.4, -0.2) is 28.5 Å². The third kappa shape index (κ3) is 3.23. The highest BCUT2D eigenvalue weighted by Crippen LogP contribution is 2.39. The van der Waals surface area contributed by atoms with Crippen molar-refractivity contribution in [1.82, 2.24) is 15.0 Å². The fraction of sp³-hybridized carbons (Fsp3) is 0.400. The molecule has 1 saturated carbocycles. The summed E-state index contributed by atoms with van der Waals surface area (Å²) in [5, 5.41) is 6.38. The lowest BCUT2D eigenvalue weighted by molar-refractivity contribution is 0.938. The number of anilines is 2. The van der Waals surface area contributed by atoms with Gasteiger partial charge < -0.3 is 10.6 Å². The lowest BCUT2D eigenvalue weighted by Gasteiger charge is -2.09. The predicted octanol–water partition coefficient (Wildman–Crippen LogP) is 2.45. The van der Waals surface area contributed by atoms with Crippen LogP contribution in [0.3, 0.4) is 0 Å². The molecule has 0 bridgehead atoms. The Kier molecular flexibility index (Phi) is 3.76. The molecule has 5 heteroatoms. The van der Waals surface area contributed by atoms with Gasteiger partial charge in [-0.2, -0.15) is 4.98 Å². The molecule has 0 saturated heterocycles. The first-order valence-corrected chi connectivity index (χ1v) is 7.05. The molecule has 2 aromatic heterocycles. The fourth-order valence-electron chi connectivity index (χ4n) is 2.12. The molecule has 0 unspecified atom stereocenters. The van der Waals surface area contributed by atoms with Crippen LogP contribution in [0.15, 0.2) is 30.5 Å². The summed E-state index contributed by atoms with van der Waals surface area (Å²) in [6, 6.07) is 8.05. The van der Waals surface area contributed by atoms with Crippen LogP contribution in [0.2, 0.25) is 0 Å². The van der Waals surface area contributed by atoms with Crippen molar-refractivity contribution in [3.63, 3.8) is 0 Å². The van der Waals surface area contributed by atoms with E-state index >= 15 is 0 Å². The molecule has 0 atom stereocenters. The Morgan fingerprint density at radius 3 is 2.85 bits per heavy atom. The molecular formula is C15H19N5. The molecular weight excluding hydrogens is 250 g/mol. The minimum Gasteiger partial charge on any atom is -0.370 e. The molecule has 2 heterocycles. The topological polar surface area (TPSA) is 62.7 Å². The van der Waals surface area contributed by atoms with Crippen LogP contribution in [0, 0.1) is 0 Å². The Bertz CT molecular complexity index is 566. The molecule has 2 aromatic rings. The number of nitrogens with one attached hydrogen (secondary N) is 2. The SMILES string of the molecule is CNc1nc(NCCc2ccccn2)cc(C2CC2)n1. The lowest BCUT2D eigenvalue weighted by Crippen LogP contribution is -2.09. The molecule has 104 valence electrons. The fourth-order valence-corrected chi connectivity index (χ4v) is 2.12. The van der Waals surface area contributed by atoms with Crippen LogP contribution in [0.5, 0.6) is 0 Å². The lowest BCUT2D eigenvalue weighted by atomic mass is 10.2. The molecule has 1 aliphatic carbocycles. The number of pyridine rings is 1. The van der Waals surface area contributed by atoms with Gasteiger partial charge in [0, 0.05) is 43.9 Å². The largest absolute Gasteiger partial charge is 0.370 e. The summed E-state index contributed by atoms with van der Waals surface area (Å²) in [6.45, 7) is 0.821. The zero-order valence-electron chi connectivity index (χ0n) is 11.6. The van der Waals surface area contributed by atoms with Crippen LogP contribution in [0.25, 0.3) is 0 Å². The number of rotatable bonds is 6. The Hall–Kier alpha value is -2.17. The van der Waals surface area contributed by atoms with Crippen molar-refractivity contribution in [3.05, 3.63) is 41.9 Å². The molecule has 2 N–H and O–H groups in total.